The van der Waals surface area contributed by atoms with Gasteiger partial charge in [-0.2, -0.15) is 0 Å². The molecule has 1 unspecified atom stereocenters. The maximum Gasteiger partial charge on any atom is 0.0629 e. The third-order valence-corrected chi connectivity index (χ3v) is 25.5. The van der Waals surface area contributed by atoms with Gasteiger partial charge >= 0.3 is 0 Å². The molecule has 0 saturated heterocycles. The molecule has 4 heteroatoms. The van der Waals surface area contributed by atoms with Crippen molar-refractivity contribution >= 4 is 77.7 Å². The molecule has 572 valence electrons. The van der Waals surface area contributed by atoms with E-state index in [0.29, 0.717) is 28.9 Å². The molecule has 15 aromatic carbocycles. The van der Waals surface area contributed by atoms with Gasteiger partial charge in [-0.25, -0.2) is 0 Å². The smallest absolute Gasteiger partial charge is 0.0629 e. The largest absolute Gasteiger partial charge is 0.309 e. The van der Waals surface area contributed by atoms with Gasteiger partial charge in [0, 0.05) is 56.5 Å². The standard InChI is InChI=1S/C113H100N4/c1-109(2,3)73-47-53-97-89(59-73)90-60-74(110(4,5)6)48-54-98(90)114(97)78-65-103-107-104(66-78)117(108-87(69-33-21-17-22-34-69)63-77(113(13,14)15)64-88(108)70-35-23-18-24-36-70)102-57-71(68-31-19-16-20-32-68)45-51-86(102)106(107)85-52-46-72(105-83-39-27-25-37-79(83)80-38-26-28-40-84(80)105)58-101(85)116(103)96-44-30-42-82-81-41-29-43-95(93(81)67-94(82)96)115-99-55-49-75(111(7,8)9)61-91(99)92-62-76(112(10,11)12)50-56-100(92)115/h16-66,105-106H,67H2,1-15H3/i16D,19D,20D,25D,26D,27D,28D,31D,32D,37D,38D,39D,40D. The van der Waals surface area contributed by atoms with Crippen LogP contribution in [0.4, 0.5) is 34.1 Å². The second-order valence-corrected chi connectivity index (χ2v) is 37.9. The number of aromatic nitrogens is 2. The highest BCUT2D eigenvalue weighted by Gasteiger charge is 2.46. The molecule has 0 saturated carbocycles. The van der Waals surface area contributed by atoms with Crippen molar-refractivity contribution < 1.29 is 17.8 Å². The first-order chi connectivity index (χ1) is 61.6. The van der Waals surface area contributed by atoms with Gasteiger partial charge in [0.2, 0.25) is 0 Å². The number of rotatable bonds is 8. The molecule has 0 spiro atoms. The van der Waals surface area contributed by atoms with Gasteiger partial charge in [-0.15, -0.1) is 0 Å². The lowest BCUT2D eigenvalue weighted by atomic mass is 9.73. The predicted molar refractivity (Wildman–Crippen MR) is 496 cm³/mol. The van der Waals surface area contributed by atoms with E-state index in [1.807, 2.05) is 30.3 Å². The Hall–Kier alpha value is -12.5. The minimum Gasteiger partial charge on any atom is -0.309 e. The summed E-state index contributed by atoms with van der Waals surface area (Å²) in [5, 5.41) is 4.49. The van der Waals surface area contributed by atoms with E-state index < -0.39 is 71.6 Å². The average Bonchev–Trinajstić information content (AvgIpc) is 1.02. The van der Waals surface area contributed by atoms with Crippen LogP contribution in [0.2, 0.25) is 0 Å². The van der Waals surface area contributed by atoms with Crippen molar-refractivity contribution in [2.24, 2.45) is 0 Å². The third kappa shape index (κ3) is 11.4. The van der Waals surface area contributed by atoms with E-state index in [9.17, 15) is 16.4 Å². The van der Waals surface area contributed by atoms with E-state index in [1.54, 1.807) is 0 Å². The summed E-state index contributed by atoms with van der Waals surface area (Å²) in [5.41, 5.74) is 27.2. The summed E-state index contributed by atoms with van der Waals surface area (Å²) >= 11 is 0. The summed E-state index contributed by atoms with van der Waals surface area (Å²) in [6, 6.07) is 78.1. The van der Waals surface area contributed by atoms with Crippen molar-refractivity contribution in [1.82, 2.24) is 9.13 Å². The van der Waals surface area contributed by atoms with Gasteiger partial charge in [0.05, 0.1) is 85.4 Å². The Balaban J connectivity index is 0.937. The molecule has 4 heterocycles. The minimum atomic E-state index is -1.16. The van der Waals surface area contributed by atoms with Crippen LogP contribution in [0.3, 0.4) is 0 Å². The molecule has 4 nitrogen and oxygen atoms in total. The molecule has 0 N–H and O–H groups in total. The average molecular weight is 1530 g/mol. The zero-order valence-corrected chi connectivity index (χ0v) is 69.1. The van der Waals surface area contributed by atoms with Crippen LogP contribution in [-0.4, -0.2) is 9.13 Å². The van der Waals surface area contributed by atoms with Crippen LogP contribution in [0.15, 0.2) is 309 Å². The molecule has 2 aliphatic carbocycles. The second kappa shape index (κ2) is 26.0. The second-order valence-electron chi connectivity index (χ2n) is 37.9. The maximum absolute atomic E-state index is 10.0. The molecule has 2 aromatic heterocycles. The van der Waals surface area contributed by atoms with Gasteiger partial charge in [0.25, 0.3) is 0 Å². The molecular formula is C113H100N4. The lowest BCUT2D eigenvalue weighted by molar-refractivity contribution is 0.590. The van der Waals surface area contributed by atoms with Crippen LogP contribution >= 0.6 is 0 Å². The summed E-state index contributed by atoms with van der Waals surface area (Å²) in [4.78, 5) is 4.84. The zero-order chi connectivity index (χ0) is 91.6. The molecule has 0 bridgehead atoms. The molecule has 0 amide bonds. The van der Waals surface area contributed by atoms with Crippen molar-refractivity contribution in [3.05, 3.63) is 381 Å². The van der Waals surface area contributed by atoms with E-state index in [1.165, 1.54) is 33.0 Å². The molecule has 2 aliphatic heterocycles. The SMILES string of the molecule is [2H]c1c([2H])c([2H])c(-c2ccc3c(c2)N(c2c(-c4ccccc4)cc(C(C)(C)C)cc2-c2ccccc2)c2cc(-n4c5ccc(C(C)(C)C)cc5c5cc(C(C)(C)C)ccc54)cc4c2C3c2ccc(C3c5c([2H])c([2H])c([2H])c([2H])c5-c5c([2H])c([2H])c([2H])c([2H])c53)cc2N4c2cccc3c2Cc2c-3cccc2-n2c3ccc(C(C)(C)C)cc3c3cc(C(C)(C)C)ccc32)c([2H])c1[2H]. The Morgan fingerprint density at radius 1 is 0.274 bits per heavy atom. The number of nitrogens with zero attached hydrogens (tertiary/aromatic N) is 4. The fourth-order valence-corrected chi connectivity index (χ4v) is 19.4. The molecular weight excluding hydrogens is 1410 g/mol. The zero-order valence-electron chi connectivity index (χ0n) is 82.1. The van der Waals surface area contributed by atoms with E-state index >= 15 is 0 Å². The van der Waals surface area contributed by atoms with Crippen molar-refractivity contribution in [2.45, 2.75) is 149 Å². The van der Waals surface area contributed by atoms with Crippen LogP contribution in [0, 0.1) is 0 Å². The molecule has 1 atom stereocenters. The Kier molecular flexibility index (Phi) is 13.2. The molecule has 0 radical (unpaired) electrons. The maximum atomic E-state index is 10.0. The van der Waals surface area contributed by atoms with Crippen molar-refractivity contribution in [3.8, 4) is 67.0 Å². The van der Waals surface area contributed by atoms with Crippen LogP contribution in [-0.2, 0) is 33.5 Å². The van der Waals surface area contributed by atoms with E-state index in [0.717, 1.165) is 134 Å². The van der Waals surface area contributed by atoms with Gasteiger partial charge in [-0.05, 0) is 235 Å². The van der Waals surface area contributed by atoms with Gasteiger partial charge in [-0.3, -0.25) is 0 Å². The highest BCUT2D eigenvalue weighted by atomic mass is 15.2. The van der Waals surface area contributed by atoms with Gasteiger partial charge < -0.3 is 18.9 Å². The lowest BCUT2D eigenvalue weighted by Crippen LogP contribution is -2.30. The highest BCUT2D eigenvalue weighted by molar-refractivity contribution is 6.13. The van der Waals surface area contributed by atoms with Crippen LogP contribution in [0.25, 0.3) is 111 Å². The van der Waals surface area contributed by atoms with E-state index in [-0.39, 0.29) is 73.6 Å². The normalized spacial score (nSPS) is 16.0. The number of anilines is 6. The third-order valence-electron chi connectivity index (χ3n) is 25.5. The van der Waals surface area contributed by atoms with Gasteiger partial charge in [0.1, 0.15) is 0 Å². The first-order valence-corrected chi connectivity index (χ1v) is 41.2. The molecule has 117 heavy (non-hydrogen) atoms. The molecule has 4 aliphatic rings. The fourth-order valence-electron chi connectivity index (χ4n) is 19.4. The first-order valence-electron chi connectivity index (χ1n) is 47.7. The summed E-state index contributed by atoms with van der Waals surface area (Å²) in [5.74, 6) is -1.87. The Morgan fingerprint density at radius 2 is 0.701 bits per heavy atom. The predicted octanol–water partition coefficient (Wildman–Crippen LogP) is 30.8. The number of hydrogen-bond donors (Lipinski definition) is 0. The van der Waals surface area contributed by atoms with Crippen molar-refractivity contribution in [3.63, 3.8) is 0 Å². The summed E-state index contributed by atoms with van der Waals surface area (Å²) < 4.78 is 129. The molecule has 21 rings (SSSR count). The van der Waals surface area contributed by atoms with Gasteiger partial charge in [-0.1, -0.05) is 316 Å². The molecule has 17 aromatic rings. The summed E-state index contributed by atoms with van der Waals surface area (Å²) in [7, 11) is 0. The first kappa shape index (κ1) is 59.2. The topological polar surface area (TPSA) is 16.3 Å². The number of fused-ring (bicyclic) bond motifs is 16. The highest BCUT2D eigenvalue weighted by Crippen LogP contribution is 2.65. The monoisotopic (exact) mass is 1530 g/mol. The van der Waals surface area contributed by atoms with E-state index in [4.69, 9.17) is 1.37 Å². The number of benzene rings is 15. The van der Waals surface area contributed by atoms with Crippen molar-refractivity contribution in [1.29, 1.82) is 0 Å². The summed E-state index contributed by atoms with van der Waals surface area (Å²) in [6.45, 7) is 33.9. The Bertz CT molecular complexity index is 7530. The Morgan fingerprint density at radius 3 is 1.19 bits per heavy atom. The van der Waals surface area contributed by atoms with Crippen LogP contribution in [0.1, 0.15) is 206 Å². The lowest BCUT2D eigenvalue weighted by Gasteiger charge is -2.47. The fraction of sp³-hybridized carbons (Fsp3) is 0.204. The van der Waals surface area contributed by atoms with Crippen LogP contribution < -0.4 is 9.80 Å². The van der Waals surface area contributed by atoms with E-state index in [2.05, 4.69) is 323 Å². The summed E-state index contributed by atoms with van der Waals surface area (Å²) in [6.07, 6.45) is 0.472. The van der Waals surface area contributed by atoms with Crippen molar-refractivity contribution in [2.75, 3.05) is 9.80 Å². The minimum absolute atomic E-state index is 0.0288. The quantitative estimate of drug-likeness (QED) is 0.151. The van der Waals surface area contributed by atoms with Gasteiger partial charge in [0.15, 0.2) is 0 Å². The Labute approximate surface area is 708 Å². The number of hydrogen-bond acceptors (Lipinski definition) is 2. The van der Waals surface area contributed by atoms with Crippen LogP contribution in [0.5, 0.6) is 0 Å². The molecule has 0 fully saturated rings.